The number of rotatable bonds is 1. The maximum absolute atomic E-state index is 10.0. The van der Waals surface area contributed by atoms with Crippen LogP contribution in [0, 0.1) is 0 Å². The summed E-state index contributed by atoms with van der Waals surface area (Å²) in [5.74, 6) is 0.559. The van der Waals surface area contributed by atoms with Crippen molar-refractivity contribution in [2.75, 3.05) is 5.73 Å². The molecule has 0 fully saturated rings. The predicted octanol–water partition coefficient (Wildman–Crippen LogP) is 3.17. The highest BCUT2D eigenvalue weighted by molar-refractivity contribution is 6.31. The van der Waals surface area contributed by atoms with Gasteiger partial charge in [0.1, 0.15) is 11.6 Å². The molecule has 0 bridgehead atoms. The zero-order valence-corrected chi connectivity index (χ0v) is 10.1. The summed E-state index contributed by atoms with van der Waals surface area (Å²) in [4.78, 5) is 0. The van der Waals surface area contributed by atoms with E-state index in [2.05, 4.69) is 10.2 Å². The van der Waals surface area contributed by atoms with E-state index in [0.717, 1.165) is 10.8 Å². The molecule has 0 saturated heterocycles. The molecule has 0 atom stereocenters. The number of halogens is 1. The lowest BCUT2D eigenvalue weighted by Gasteiger charge is -2.07. The zero-order valence-electron chi connectivity index (χ0n) is 9.31. The summed E-state index contributed by atoms with van der Waals surface area (Å²) in [5, 5.41) is 19.2. The first-order valence-electron chi connectivity index (χ1n) is 5.37. The van der Waals surface area contributed by atoms with Crippen molar-refractivity contribution in [1.82, 2.24) is 10.2 Å². The number of hydrogen-bond acceptors (Lipinski definition) is 3. The minimum atomic E-state index is 0.175. The van der Waals surface area contributed by atoms with Gasteiger partial charge in [-0.15, -0.1) is 0 Å². The average molecular weight is 260 g/mol. The molecule has 5 heteroatoms. The zero-order chi connectivity index (χ0) is 12.7. The van der Waals surface area contributed by atoms with Crippen LogP contribution in [0.1, 0.15) is 0 Å². The molecule has 0 aliphatic heterocycles. The molecule has 0 aliphatic carbocycles. The van der Waals surface area contributed by atoms with Crippen LogP contribution in [0.3, 0.4) is 0 Å². The first-order valence-corrected chi connectivity index (χ1v) is 5.75. The monoisotopic (exact) mass is 259 g/mol. The number of phenolic OH excluding ortho intramolecular Hbond substituents is 1. The molecule has 0 saturated carbocycles. The third kappa shape index (κ3) is 1.67. The Labute approximate surface area is 108 Å². The van der Waals surface area contributed by atoms with Gasteiger partial charge in [-0.2, -0.15) is 5.10 Å². The molecule has 2 aromatic carbocycles. The Morgan fingerprint density at radius 3 is 2.72 bits per heavy atom. The number of fused-ring (bicyclic) bond motifs is 1. The molecular formula is C13H10ClN3O. The van der Waals surface area contributed by atoms with Gasteiger partial charge >= 0.3 is 0 Å². The maximum Gasteiger partial charge on any atom is 0.145 e. The van der Waals surface area contributed by atoms with Gasteiger partial charge in [0, 0.05) is 16.7 Å². The molecule has 4 N–H and O–H groups in total. The molecule has 0 aliphatic rings. The quantitative estimate of drug-likeness (QED) is 0.628. The Balaban J connectivity index is 2.36. The van der Waals surface area contributed by atoms with Crippen LogP contribution in [0.25, 0.3) is 22.0 Å². The highest BCUT2D eigenvalue weighted by Gasteiger charge is 2.11. The Hall–Kier alpha value is -2.20. The highest BCUT2D eigenvalue weighted by atomic mass is 35.5. The third-order valence-electron chi connectivity index (χ3n) is 2.83. The second-order valence-corrected chi connectivity index (χ2v) is 4.47. The summed E-state index contributed by atoms with van der Waals surface area (Å²) in [5.41, 5.74) is 6.94. The normalized spacial score (nSPS) is 10.9. The fraction of sp³-hybridized carbons (Fsp3) is 0. The van der Waals surface area contributed by atoms with Gasteiger partial charge in [0.05, 0.1) is 5.69 Å². The number of nitrogens with zero attached hydrogens (tertiary/aromatic N) is 1. The van der Waals surface area contributed by atoms with Gasteiger partial charge in [0.25, 0.3) is 0 Å². The van der Waals surface area contributed by atoms with E-state index >= 15 is 0 Å². The number of aromatic hydroxyl groups is 1. The van der Waals surface area contributed by atoms with Crippen molar-refractivity contribution in [1.29, 1.82) is 0 Å². The number of aromatic amines is 1. The summed E-state index contributed by atoms with van der Waals surface area (Å²) in [6.07, 6.45) is 0. The van der Waals surface area contributed by atoms with Gasteiger partial charge in [-0.3, -0.25) is 5.10 Å². The van der Waals surface area contributed by atoms with E-state index in [9.17, 15) is 5.11 Å². The fourth-order valence-electron chi connectivity index (χ4n) is 2.04. The van der Waals surface area contributed by atoms with Crippen molar-refractivity contribution >= 4 is 28.2 Å². The van der Waals surface area contributed by atoms with Crippen LogP contribution in [0.2, 0.25) is 5.02 Å². The summed E-state index contributed by atoms with van der Waals surface area (Å²) in [7, 11) is 0. The smallest absolute Gasteiger partial charge is 0.145 e. The molecule has 1 aromatic heterocycles. The molecule has 0 unspecified atom stereocenters. The van der Waals surface area contributed by atoms with Gasteiger partial charge < -0.3 is 10.8 Å². The van der Waals surface area contributed by atoms with Crippen LogP contribution in [-0.4, -0.2) is 15.3 Å². The lowest BCUT2D eigenvalue weighted by atomic mass is 10.0. The summed E-state index contributed by atoms with van der Waals surface area (Å²) >= 11 is 5.96. The second kappa shape index (κ2) is 3.92. The molecule has 90 valence electrons. The van der Waals surface area contributed by atoms with E-state index in [-0.39, 0.29) is 5.75 Å². The number of anilines is 1. The number of nitrogens with one attached hydrogen (secondary N) is 1. The Morgan fingerprint density at radius 1 is 1.17 bits per heavy atom. The average Bonchev–Trinajstić information content (AvgIpc) is 2.76. The maximum atomic E-state index is 10.0. The van der Waals surface area contributed by atoms with Crippen molar-refractivity contribution in [3.63, 3.8) is 0 Å². The fourth-order valence-corrected chi connectivity index (χ4v) is 2.22. The predicted molar refractivity (Wildman–Crippen MR) is 72.6 cm³/mol. The highest BCUT2D eigenvalue weighted by Crippen LogP contribution is 2.36. The van der Waals surface area contributed by atoms with E-state index in [4.69, 9.17) is 17.3 Å². The SMILES string of the molecule is Nc1cc(-c2c(O)ccc3cc(Cl)ccc23)[nH]n1. The summed E-state index contributed by atoms with van der Waals surface area (Å²) < 4.78 is 0. The molecule has 3 rings (SSSR count). The number of aromatic nitrogens is 2. The minimum Gasteiger partial charge on any atom is -0.507 e. The molecule has 3 aromatic rings. The van der Waals surface area contributed by atoms with Crippen molar-refractivity contribution in [2.24, 2.45) is 0 Å². The van der Waals surface area contributed by atoms with Gasteiger partial charge in [-0.05, 0) is 29.0 Å². The number of nitrogens with two attached hydrogens (primary N) is 1. The van der Waals surface area contributed by atoms with E-state index in [1.54, 1.807) is 18.2 Å². The van der Waals surface area contributed by atoms with Crippen LogP contribution in [0.4, 0.5) is 5.82 Å². The van der Waals surface area contributed by atoms with Gasteiger partial charge in [0.15, 0.2) is 0 Å². The van der Waals surface area contributed by atoms with Crippen molar-refractivity contribution in [2.45, 2.75) is 0 Å². The molecule has 1 heterocycles. The summed E-state index contributed by atoms with van der Waals surface area (Å²) in [6.45, 7) is 0. The molecule has 4 nitrogen and oxygen atoms in total. The van der Waals surface area contributed by atoms with E-state index in [1.165, 1.54) is 0 Å². The number of H-pyrrole nitrogens is 1. The number of nitrogen functional groups attached to an aromatic ring is 1. The first kappa shape index (κ1) is 10.9. The number of phenols is 1. The largest absolute Gasteiger partial charge is 0.507 e. The third-order valence-corrected chi connectivity index (χ3v) is 3.06. The van der Waals surface area contributed by atoms with Gasteiger partial charge in [0.2, 0.25) is 0 Å². The van der Waals surface area contributed by atoms with E-state index in [1.807, 2.05) is 18.2 Å². The summed E-state index contributed by atoms with van der Waals surface area (Å²) in [6, 6.07) is 10.6. The van der Waals surface area contributed by atoms with Crippen molar-refractivity contribution < 1.29 is 5.11 Å². The molecular weight excluding hydrogens is 250 g/mol. The van der Waals surface area contributed by atoms with Crippen LogP contribution in [0.15, 0.2) is 36.4 Å². The van der Waals surface area contributed by atoms with Gasteiger partial charge in [-0.1, -0.05) is 23.7 Å². The molecule has 0 radical (unpaired) electrons. The second-order valence-electron chi connectivity index (χ2n) is 4.03. The Morgan fingerprint density at radius 2 is 2.00 bits per heavy atom. The lowest BCUT2D eigenvalue weighted by molar-refractivity contribution is 0.478. The van der Waals surface area contributed by atoms with Crippen molar-refractivity contribution in [3.8, 4) is 17.0 Å². The Bertz CT molecular complexity index is 736. The first-order chi connectivity index (χ1) is 8.65. The van der Waals surface area contributed by atoms with Crippen LogP contribution >= 0.6 is 11.6 Å². The lowest BCUT2D eigenvalue weighted by Crippen LogP contribution is -1.83. The van der Waals surface area contributed by atoms with Crippen molar-refractivity contribution in [3.05, 3.63) is 41.4 Å². The number of hydrogen-bond donors (Lipinski definition) is 3. The topological polar surface area (TPSA) is 74.9 Å². The molecule has 18 heavy (non-hydrogen) atoms. The van der Waals surface area contributed by atoms with E-state index < -0.39 is 0 Å². The molecule has 0 amide bonds. The van der Waals surface area contributed by atoms with Crippen LogP contribution in [-0.2, 0) is 0 Å². The standard InChI is InChI=1S/C13H10ClN3O/c14-8-2-3-9-7(5-8)1-4-11(18)13(9)10-6-12(15)17-16-10/h1-6,18H,(H3,15,16,17). The Kier molecular flexibility index (Phi) is 2.38. The number of benzene rings is 2. The van der Waals surface area contributed by atoms with Gasteiger partial charge in [-0.25, -0.2) is 0 Å². The van der Waals surface area contributed by atoms with Crippen LogP contribution in [0.5, 0.6) is 5.75 Å². The van der Waals surface area contributed by atoms with Crippen LogP contribution < -0.4 is 5.73 Å². The molecule has 0 spiro atoms. The minimum absolute atomic E-state index is 0.175. The van der Waals surface area contributed by atoms with E-state index in [0.29, 0.717) is 22.1 Å².